The van der Waals surface area contributed by atoms with Crippen LogP contribution in [-0.2, 0) is 4.74 Å². The fourth-order valence-electron chi connectivity index (χ4n) is 3.06. The Balaban J connectivity index is 1.85. The highest BCUT2D eigenvalue weighted by Gasteiger charge is 2.45. The minimum Gasteiger partial charge on any atom is -0.351 e. The van der Waals surface area contributed by atoms with Crippen LogP contribution >= 0.6 is 0 Å². The Morgan fingerprint density at radius 1 is 1.21 bits per heavy atom. The Kier molecular flexibility index (Phi) is 4.47. The van der Waals surface area contributed by atoms with Gasteiger partial charge in [-0.1, -0.05) is 30.3 Å². The summed E-state index contributed by atoms with van der Waals surface area (Å²) in [5.41, 5.74) is 2.79. The van der Waals surface area contributed by atoms with Gasteiger partial charge in [-0.3, -0.25) is 14.7 Å². The zero-order valence-corrected chi connectivity index (χ0v) is 14.1. The second-order valence-electron chi connectivity index (χ2n) is 6.53. The summed E-state index contributed by atoms with van der Waals surface area (Å²) >= 11 is 0. The number of hydrogen-bond donors (Lipinski definition) is 0. The van der Waals surface area contributed by atoms with Gasteiger partial charge in [-0.05, 0) is 38.1 Å². The monoisotopic (exact) mass is 328 g/mol. The molecule has 1 unspecified atom stereocenters. The van der Waals surface area contributed by atoms with Crippen LogP contribution in [0.1, 0.15) is 36.0 Å². The molecule has 1 aliphatic heterocycles. The van der Waals surface area contributed by atoms with E-state index in [0.717, 1.165) is 23.0 Å². The van der Waals surface area contributed by atoms with Crippen molar-refractivity contribution in [2.24, 2.45) is 0 Å². The van der Waals surface area contributed by atoms with Crippen LogP contribution in [0, 0.1) is 0 Å². The Labute approximate surface area is 141 Å². The number of hydrogen-bond acceptors (Lipinski definition) is 4. The second-order valence-corrected chi connectivity index (χ2v) is 6.53. The van der Waals surface area contributed by atoms with Gasteiger partial charge in [0.1, 0.15) is 24.2 Å². The second kappa shape index (κ2) is 6.42. The van der Waals surface area contributed by atoms with Gasteiger partial charge in [0, 0.05) is 11.8 Å². The van der Waals surface area contributed by atoms with Gasteiger partial charge in [0.15, 0.2) is 6.29 Å². The molecule has 24 heavy (non-hydrogen) atoms. The molecule has 2 aromatic rings. The third kappa shape index (κ3) is 2.97. The number of nitrogens with zero attached hydrogens (tertiary/aromatic N) is 2. The zero-order chi connectivity index (χ0) is 17.3. The topological polar surface area (TPSA) is 42.4 Å². The predicted molar refractivity (Wildman–Crippen MR) is 90.5 cm³/mol. The normalized spacial score (nSPS) is 23.3. The molecule has 0 spiro atoms. The number of benzene rings is 1. The molecule has 1 aromatic carbocycles. The Morgan fingerprint density at radius 3 is 2.42 bits per heavy atom. The van der Waals surface area contributed by atoms with Crippen LogP contribution in [-0.4, -0.2) is 41.7 Å². The average Bonchev–Trinajstić information content (AvgIpc) is 2.84. The van der Waals surface area contributed by atoms with Gasteiger partial charge in [0.05, 0.1) is 6.04 Å². The van der Waals surface area contributed by atoms with Crippen molar-refractivity contribution in [3.05, 3.63) is 53.9 Å². The quantitative estimate of drug-likeness (QED) is 0.804. The smallest absolute Gasteiger partial charge is 0.168 e. The van der Waals surface area contributed by atoms with Gasteiger partial charge >= 0.3 is 0 Å². The molecule has 0 saturated carbocycles. The summed E-state index contributed by atoms with van der Waals surface area (Å²) in [4.78, 5) is 16.7. The molecule has 0 bridgehead atoms. The summed E-state index contributed by atoms with van der Waals surface area (Å²) in [5, 5.41) is 0. The minimum atomic E-state index is -0.491. The van der Waals surface area contributed by atoms with E-state index in [1.54, 1.807) is 12.3 Å². The SMILES string of the molecule is CN1[C@H](CF)C(c2ccc(-c3ccc(C=O)nc3)cc2)OC1(C)C. The first-order valence-corrected chi connectivity index (χ1v) is 7.94. The summed E-state index contributed by atoms with van der Waals surface area (Å²) in [6, 6.07) is 11.1. The molecule has 0 radical (unpaired) electrons. The first kappa shape index (κ1) is 16.7. The number of pyridine rings is 1. The number of rotatable bonds is 4. The van der Waals surface area contributed by atoms with Crippen molar-refractivity contribution in [3.8, 4) is 11.1 Å². The van der Waals surface area contributed by atoms with Crippen molar-refractivity contribution in [2.75, 3.05) is 13.7 Å². The fourth-order valence-corrected chi connectivity index (χ4v) is 3.06. The lowest BCUT2D eigenvalue weighted by Crippen LogP contribution is -2.41. The van der Waals surface area contributed by atoms with Gasteiger partial charge in [0.25, 0.3) is 0 Å². The van der Waals surface area contributed by atoms with E-state index in [9.17, 15) is 9.18 Å². The van der Waals surface area contributed by atoms with E-state index in [1.807, 2.05) is 56.1 Å². The Morgan fingerprint density at radius 2 is 1.88 bits per heavy atom. The lowest BCUT2D eigenvalue weighted by Gasteiger charge is -2.28. The van der Waals surface area contributed by atoms with Crippen LogP contribution in [0.3, 0.4) is 0 Å². The standard InChI is InChI=1S/C19H21FN2O2/c1-19(2)22(3)17(10-20)18(24-19)14-6-4-13(5-7-14)15-8-9-16(12-23)21-11-15/h4-9,11-12,17-18H,10H2,1-3H3/t17-,18?/m1/s1. The van der Waals surface area contributed by atoms with Gasteiger partial charge in [-0.25, -0.2) is 4.39 Å². The van der Waals surface area contributed by atoms with Crippen molar-refractivity contribution in [1.82, 2.24) is 9.88 Å². The summed E-state index contributed by atoms with van der Waals surface area (Å²) in [5.74, 6) is 0. The molecule has 2 atom stereocenters. The summed E-state index contributed by atoms with van der Waals surface area (Å²) in [6.07, 6.45) is 2.10. The average molecular weight is 328 g/mol. The van der Waals surface area contributed by atoms with Crippen molar-refractivity contribution >= 4 is 6.29 Å². The molecule has 1 saturated heterocycles. The number of alkyl halides is 1. The molecule has 0 N–H and O–H groups in total. The van der Waals surface area contributed by atoms with E-state index < -0.39 is 12.4 Å². The molecule has 2 heterocycles. The van der Waals surface area contributed by atoms with E-state index in [0.29, 0.717) is 5.69 Å². The van der Waals surface area contributed by atoms with Gasteiger partial charge in [-0.15, -0.1) is 0 Å². The van der Waals surface area contributed by atoms with Crippen LogP contribution < -0.4 is 0 Å². The number of likely N-dealkylation sites (N-methyl/N-ethyl adjacent to an activating group) is 1. The maximum Gasteiger partial charge on any atom is 0.168 e. The number of halogens is 1. The molecular formula is C19H21FN2O2. The van der Waals surface area contributed by atoms with Crippen molar-refractivity contribution in [1.29, 1.82) is 0 Å². The third-order valence-corrected chi connectivity index (χ3v) is 4.75. The van der Waals surface area contributed by atoms with E-state index >= 15 is 0 Å². The lowest BCUT2D eigenvalue weighted by molar-refractivity contribution is -0.0684. The first-order chi connectivity index (χ1) is 11.5. The van der Waals surface area contributed by atoms with E-state index in [2.05, 4.69) is 4.98 Å². The lowest BCUT2D eigenvalue weighted by atomic mass is 9.99. The molecular weight excluding hydrogens is 307 g/mol. The summed E-state index contributed by atoms with van der Waals surface area (Å²) in [7, 11) is 1.89. The number of ether oxygens (including phenoxy) is 1. The third-order valence-electron chi connectivity index (χ3n) is 4.75. The van der Waals surface area contributed by atoms with E-state index in [1.165, 1.54) is 0 Å². The number of aromatic nitrogens is 1. The number of carbonyl (C=O) groups excluding carboxylic acids is 1. The zero-order valence-electron chi connectivity index (χ0n) is 14.1. The summed E-state index contributed by atoms with van der Waals surface area (Å²) < 4.78 is 19.5. The molecule has 3 rings (SSSR count). The molecule has 1 aromatic heterocycles. The Bertz CT molecular complexity index is 713. The van der Waals surface area contributed by atoms with Crippen LogP contribution in [0.25, 0.3) is 11.1 Å². The van der Waals surface area contributed by atoms with Crippen LogP contribution in [0.4, 0.5) is 4.39 Å². The highest BCUT2D eigenvalue weighted by Crippen LogP contribution is 2.40. The number of carbonyl (C=O) groups is 1. The van der Waals surface area contributed by atoms with Crippen molar-refractivity contribution in [2.45, 2.75) is 31.7 Å². The molecule has 5 heteroatoms. The molecule has 1 fully saturated rings. The van der Waals surface area contributed by atoms with Gasteiger partial charge < -0.3 is 4.74 Å². The highest BCUT2D eigenvalue weighted by atomic mass is 19.1. The number of aldehydes is 1. The fraction of sp³-hybridized carbons (Fsp3) is 0.368. The predicted octanol–water partition coefficient (Wildman–Crippen LogP) is 3.64. The van der Waals surface area contributed by atoms with Crippen molar-refractivity contribution in [3.63, 3.8) is 0 Å². The van der Waals surface area contributed by atoms with Gasteiger partial charge in [-0.2, -0.15) is 0 Å². The van der Waals surface area contributed by atoms with Crippen molar-refractivity contribution < 1.29 is 13.9 Å². The largest absolute Gasteiger partial charge is 0.351 e. The van der Waals surface area contributed by atoms with E-state index in [-0.39, 0.29) is 12.1 Å². The maximum atomic E-state index is 13.5. The minimum absolute atomic E-state index is 0.292. The molecule has 126 valence electrons. The molecule has 0 amide bonds. The van der Waals surface area contributed by atoms with E-state index in [4.69, 9.17) is 4.74 Å². The van der Waals surface area contributed by atoms with Crippen LogP contribution in [0.5, 0.6) is 0 Å². The molecule has 4 nitrogen and oxygen atoms in total. The Hall–Kier alpha value is -2.11. The molecule has 0 aliphatic carbocycles. The van der Waals surface area contributed by atoms with Gasteiger partial charge in [0.2, 0.25) is 0 Å². The maximum absolute atomic E-state index is 13.5. The van der Waals surface area contributed by atoms with Crippen LogP contribution in [0.2, 0.25) is 0 Å². The summed E-state index contributed by atoms with van der Waals surface area (Å²) in [6.45, 7) is 3.44. The first-order valence-electron chi connectivity index (χ1n) is 7.94. The van der Waals surface area contributed by atoms with Crippen LogP contribution in [0.15, 0.2) is 42.6 Å². The molecule has 1 aliphatic rings. The highest BCUT2D eigenvalue weighted by molar-refractivity contribution is 5.73.